The summed E-state index contributed by atoms with van der Waals surface area (Å²) in [5.74, 6) is -1.11. The van der Waals surface area contributed by atoms with Crippen molar-refractivity contribution in [3.05, 3.63) is 87.8 Å². The van der Waals surface area contributed by atoms with Crippen LogP contribution in [0.4, 0.5) is 0 Å². The molecule has 0 spiro atoms. The van der Waals surface area contributed by atoms with Gasteiger partial charge >= 0.3 is 0 Å². The highest BCUT2D eigenvalue weighted by atomic mass is 35.5. The van der Waals surface area contributed by atoms with Crippen molar-refractivity contribution >= 4 is 74.5 Å². The SMILES string of the molecule is O=C(CCN1C(=O)/C(=C/c2ccc(Cl)cc2)SC1=S)NNC(=O)c1cccc2ccccc12. The second kappa shape index (κ2) is 10.2. The van der Waals surface area contributed by atoms with Gasteiger partial charge < -0.3 is 0 Å². The largest absolute Gasteiger partial charge is 0.292 e. The summed E-state index contributed by atoms with van der Waals surface area (Å²) < 4.78 is 0.382. The Morgan fingerprint density at radius 3 is 2.52 bits per heavy atom. The summed E-state index contributed by atoms with van der Waals surface area (Å²) >= 11 is 12.4. The molecule has 3 aromatic rings. The Kier molecular flexibility index (Phi) is 7.08. The first-order chi connectivity index (χ1) is 15.9. The Labute approximate surface area is 204 Å². The lowest BCUT2D eigenvalue weighted by Crippen LogP contribution is -2.43. The highest BCUT2D eigenvalue weighted by Crippen LogP contribution is 2.32. The molecule has 6 nitrogen and oxygen atoms in total. The molecule has 4 rings (SSSR count). The molecule has 1 saturated heterocycles. The van der Waals surface area contributed by atoms with Crippen molar-refractivity contribution < 1.29 is 14.4 Å². The fourth-order valence-electron chi connectivity index (χ4n) is 3.30. The van der Waals surface area contributed by atoms with Crippen molar-refractivity contribution in [1.82, 2.24) is 15.8 Å². The zero-order valence-corrected chi connectivity index (χ0v) is 19.6. The Hall–Kier alpha value is -3.20. The second-order valence-corrected chi connectivity index (χ2v) is 9.28. The van der Waals surface area contributed by atoms with Crippen LogP contribution in [0.1, 0.15) is 22.3 Å². The number of hydrogen-bond donors (Lipinski definition) is 2. The van der Waals surface area contributed by atoms with Crippen molar-refractivity contribution in [3.63, 3.8) is 0 Å². The van der Waals surface area contributed by atoms with Gasteiger partial charge in [0.2, 0.25) is 5.91 Å². The van der Waals surface area contributed by atoms with Crippen LogP contribution in [0.5, 0.6) is 0 Å². The van der Waals surface area contributed by atoms with Crippen LogP contribution < -0.4 is 10.9 Å². The van der Waals surface area contributed by atoms with Gasteiger partial charge in [0.25, 0.3) is 11.8 Å². The monoisotopic (exact) mass is 495 g/mol. The number of fused-ring (bicyclic) bond motifs is 1. The van der Waals surface area contributed by atoms with E-state index in [1.807, 2.05) is 30.3 Å². The Morgan fingerprint density at radius 2 is 1.73 bits per heavy atom. The maximum absolute atomic E-state index is 12.7. The van der Waals surface area contributed by atoms with Crippen LogP contribution >= 0.6 is 35.6 Å². The summed E-state index contributed by atoms with van der Waals surface area (Å²) in [6.45, 7) is 0.110. The number of hydrazine groups is 1. The summed E-state index contributed by atoms with van der Waals surface area (Å²) in [4.78, 5) is 39.4. The molecule has 33 heavy (non-hydrogen) atoms. The number of hydrogen-bond acceptors (Lipinski definition) is 5. The van der Waals surface area contributed by atoms with Gasteiger partial charge in [-0.15, -0.1) is 0 Å². The first-order valence-electron chi connectivity index (χ1n) is 10.0. The van der Waals surface area contributed by atoms with Gasteiger partial charge in [-0.2, -0.15) is 0 Å². The minimum Gasteiger partial charge on any atom is -0.292 e. The summed E-state index contributed by atoms with van der Waals surface area (Å²) in [6.07, 6.45) is 1.72. The highest BCUT2D eigenvalue weighted by Gasteiger charge is 2.32. The van der Waals surface area contributed by atoms with Crippen molar-refractivity contribution in [1.29, 1.82) is 0 Å². The fourth-order valence-corrected chi connectivity index (χ4v) is 4.73. The van der Waals surface area contributed by atoms with E-state index in [4.69, 9.17) is 23.8 Å². The van der Waals surface area contributed by atoms with Crippen LogP contribution in [0.3, 0.4) is 0 Å². The zero-order chi connectivity index (χ0) is 23.4. The molecule has 3 aromatic carbocycles. The van der Waals surface area contributed by atoms with E-state index in [2.05, 4.69) is 10.9 Å². The third kappa shape index (κ3) is 5.42. The van der Waals surface area contributed by atoms with E-state index in [0.717, 1.165) is 16.3 Å². The minimum atomic E-state index is -0.431. The maximum Gasteiger partial charge on any atom is 0.270 e. The molecule has 166 valence electrons. The van der Waals surface area contributed by atoms with Gasteiger partial charge in [0.1, 0.15) is 4.32 Å². The summed E-state index contributed by atoms with van der Waals surface area (Å²) in [6, 6.07) is 20.0. The lowest BCUT2D eigenvalue weighted by Gasteiger charge is -2.14. The van der Waals surface area contributed by atoms with Crippen LogP contribution in [0, 0.1) is 0 Å². The maximum atomic E-state index is 12.7. The number of carbonyl (C=O) groups is 3. The lowest BCUT2D eigenvalue weighted by atomic mass is 10.0. The molecule has 0 atom stereocenters. The van der Waals surface area contributed by atoms with E-state index in [1.54, 1.807) is 42.5 Å². The molecule has 9 heteroatoms. The van der Waals surface area contributed by atoms with Crippen LogP contribution in [0.2, 0.25) is 5.02 Å². The summed E-state index contributed by atoms with van der Waals surface area (Å²) in [5.41, 5.74) is 6.12. The van der Waals surface area contributed by atoms with Crippen molar-refractivity contribution in [3.8, 4) is 0 Å². The molecule has 0 unspecified atom stereocenters. The molecule has 2 N–H and O–H groups in total. The van der Waals surface area contributed by atoms with Gasteiger partial charge in [0, 0.05) is 23.6 Å². The molecule has 0 bridgehead atoms. The van der Waals surface area contributed by atoms with E-state index in [0.29, 0.717) is 19.8 Å². The third-order valence-corrected chi connectivity index (χ3v) is 6.58. The predicted molar refractivity (Wildman–Crippen MR) is 136 cm³/mol. The molecule has 0 aliphatic carbocycles. The fraction of sp³-hybridized carbons (Fsp3) is 0.0833. The van der Waals surface area contributed by atoms with Crippen LogP contribution in [-0.4, -0.2) is 33.5 Å². The first-order valence-corrected chi connectivity index (χ1v) is 11.6. The number of rotatable bonds is 5. The third-order valence-electron chi connectivity index (χ3n) is 4.95. The second-order valence-electron chi connectivity index (χ2n) is 7.16. The van der Waals surface area contributed by atoms with E-state index in [-0.39, 0.29) is 18.9 Å². The molecule has 0 radical (unpaired) electrons. The van der Waals surface area contributed by atoms with Gasteiger partial charge in [-0.3, -0.25) is 30.1 Å². The molecular weight excluding hydrogens is 478 g/mol. The number of amides is 3. The van der Waals surface area contributed by atoms with E-state index in [9.17, 15) is 14.4 Å². The summed E-state index contributed by atoms with van der Waals surface area (Å²) in [5, 5.41) is 2.33. The average molecular weight is 496 g/mol. The Balaban J connectivity index is 1.32. The van der Waals surface area contributed by atoms with E-state index in [1.165, 1.54) is 16.7 Å². The zero-order valence-electron chi connectivity index (χ0n) is 17.2. The minimum absolute atomic E-state index is 0.0174. The molecule has 1 heterocycles. The van der Waals surface area contributed by atoms with E-state index >= 15 is 0 Å². The number of halogens is 1. The van der Waals surface area contributed by atoms with Crippen LogP contribution in [0.25, 0.3) is 16.8 Å². The topological polar surface area (TPSA) is 78.5 Å². The quantitative estimate of drug-likeness (QED) is 0.308. The number of carbonyl (C=O) groups excluding carboxylic acids is 3. The van der Waals surface area contributed by atoms with Gasteiger partial charge in [-0.25, -0.2) is 0 Å². The van der Waals surface area contributed by atoms with Crippen LogP contribution in [0.15, 0.2) is 71.6 Å². The van der Waals surface area contributed by atoms with E-state index < -0.39 is 11.8 Å². The molecule has 0 saturated carbocycles. The number of benzene rings is 3. The predicted octanol–water partition coefficient (Wildman–Crippen LogP) is 4.55. The van der Waals surface area contributed by atoms with Crippen molar-refractivity contribution in [2.75, 3.05) is 6.54 Å². The first kappa shape index (κ1) is 23.0. The Bertz CT molecular complexity index is 1290. The molecule has 1 fully saturated rings. The summed E-state index contributed by atoms with van der Waals surface area (Å²) in [7, 11) is 0. The molecular formula is C24H18ClN3O3S2. The average Bonchev–Trinajstić information content (AvgIpc) is 3.09. The number of thiocarbonyl (C=S) groups is 1. The molecule has 3 amide bonds. The molecule has 1 aliphatic rings. The van der Waals surface area contributed by atoms with Gasteiger partial charge in [0.05, 0.1) is 4.91 Å². The molecule has 0 aromatic heterocycles. The van der Waals surface area contributed by atoms with Crippen molar-refractivity contribution in [2.45, 2.75) is 6.42 Å². The van der Waals surface area contributed by atoms with Gasteiger partial charge in [-0.1, -0.05) is 84.1 Å². The standard InChI is InChI=1S/C24H18ClN3O3S2/c25-17-10-8-15(9-11-17)14-20-23(31)28(24(32)33-20)13-12-21(29)26-27-22(30)19-7-3-5-16-4-1-2-6-18(16)19/h1-11,14H,12-13H2,(H,26,29)(H,27,30)/b20-14-. The smallest absolute Gasteiger partial charge is 0.270 e. The Morgan fingerprint density at radius 1 is 1.00 bits per heavy atom. The number of nitrogens with one attached hydrogen (secondary N) is 2. The van der Waals surface area contributed by atoms with Gasteiger partial charge in [-0.05, 0) is 40.6 Å². The highest BCUT2D eigenvalue weighted by molar-refractivity contribution is 8.26. The molecule has 1 aliphatic heterocycles. The number of thioether (sulfide) groups is 1. The normalized spacial score (nSPS) is 14.7. The van der Waals surface area contributed by atoms with Crippen LogP contribution in [-0.2, 0) is 9.59 Å². The van der Waals surface area contributed by atoms with Gasteiger partial charge in [0.15, 0.2) is 0 Å². The number of nitrogens with zero attached hydrogens (tertiary/aromatic N) is 1. The lowest BCUT2D eigenvalue weighted by molar-refractivity contribution is -0.124. The van der Waals surface area contributed by atoms with Crippen molar-refractivity contribution in [2.24, 2.45) is 0 Å².